The molecular formula is C24H29N3OSi. The Hall–Kier alpha value is -2.71. The van der Waals surface area contributed by atoms with Crippen molar-refractivity contribution in [3.05, 3.63) is 65.4 Å². The fraction of sp³-hybridized carbons (Fsp3) is 0.375. The van der Waals surface area contributed by atoms with E-state index >= 15 is 0 Å². The van der Waals surface area contributed by atoms with Gasteiger partial charge in [-0.15, -0.1) is 0 Å². The zero-order chi connectivity index (χ0) is 21.3. The van der Waals surface area contributed by atoms with Gasteiger partial charge in [0.25, 0.3) is 0 Å². The highest BCUT2D eigenvalue weighted by Crippen LogP contribution is 2.43. The van der Waals surface area contributed by atoms with Gasteiger partial charge >= 0.3 is 0 Å². The molecule has 4 nitrogen and oxygen atoms in total. The quantitative estimate of drug-likeness (QED) is 0.366. The molecule has 0 aliphatic rings. The molecule has 3 rings (SSSR count). The van der Waals surface area contributed by atoms with Crippen LogP contribution in [0.5, 0.6) is 0 Å². The Kier molecular flexibility index (Phi) is 5.77. The number of nitrogens with zero attached hydrogens (tertiary/aromatic N) is 3. The first-order valence-electron chi connectivity index (χ1n) is 10.3. The summed E-state index contributed by atoms with van der Waals surface area (Å²) in [5.41, 5.74) is 4.14. The summed E-state index contributed by atoms with van der Waals surface area (Å²) >= 11 is 0. The molecule has 0 saturated heterocycles. The smallest absolute Gasteiger partial charge is 0.194 e. The van der Waals surface area contributed by atoms with Crippen LogP contribution in [-0.4, -0.2) is 23.5 Å². The lowest BCUT2D eigenvalue weighted by molar-refractivity contribution is 0.103. The van der Waals surface area contributed by atoms with E-state index in [9.17, 15) is 10.1 Å². The Morgan fingerprint density at radius 3 is 2.21 bits per heavy atom. The maximum atomic E-state index is 13.0. The van der Waals surface area contributed by atoms with Crippen molar-refractivity contribution < 1.29 is 4.79 Å². The van der Waals surface area contributed by atoms with Gasteiger partial charge in [-0.05, 0) is 47.0 Å². The minimum atomic E-state index is -1.96. The number of fused-ring (bicyclic) bond motifs is 1. The van der Waals surface area contributed by atoms with Crippen LogP contribution in [0, 0.1) is 11.3 Å². The van der Waals surface area contributed by atoms with Gasteiger partial charge in [0.2, 0.25) is 0 Å². The first kappa shape index (κ1) is 21.0. The van der Waals surface area contributed by atoms with E-state index in [2.05, 4.69) is 52.0 Å². The third kappa shape index (κ3) is 3.32. The fourth-order valence-electron chi connectivity index (χ4n) is 5.15. The molecule has 0 bridgehead atoms. The lowest BCUT2D eigenvalue weighted by Crippen LogP contribution is -2.52. The summed E-state index contributed by atoms with van der Waals surface area (Å²) in [7, 11) is -1.96. The Bertz CT molecular complexity index is 1070. The second kappa shape index (κ2) is 7.96. The number of carbonyl (C=O) groups is 1. The first-order valence-corrected chi connectivity index (χ1v) is 12.4. The van der Waals surface area contributed by atoms with Gasteiger partial charge in [-0.25, -0.2) is 0 Å². The van der Waals surface area contributed by atoms with Crippen molar-refractivity contribution in [2.24, 2.45) is 0 Å². The summed E-state index contributed by atoms with van der Waals surface area (Å²) in [5.74, 6) is -0.128. The molecule has 150 valence electrons. The number of aromatic nitrogens is 2. The van der Waals surface area contributed by atoms with Crippen LogP contribution in [0.25, 0.3) is 10.9 Å². The number of carbonyl (C=O) groups excluding carboxylic acids is 1. The molecule has 2 aromatic carbocycles. The second-order valence-electron chi connectivity index (χ2n) is 8.67. The summed E-state index contributed by atoms with van der Waals surface area (Å²) in [6.07, 6.45) is 1.89. The van der Waals surface area contributed by atoms with Gasteiger partial charge in [0.1, 0.15) is 0 Å². The van der Waals surface area contributed by atoms with Gasteiger partial charge in [0, 0.05) is 16.5 Å². The van der Waals surface area contributed by atoms with Crippen LogP contribution < -0.4 is 0 Å². The Morgan fingerprint density at radius 2 is 1.62 bits per heavy atom. The Morgan fingerprint density at radius 1 is 1.00 bits per heavy atom. The molecule has 5 heteroatoms. The van der Waals surface area contributed by atoms with Gasteiger partial charge in [-0.2, -0.15) is 10.4 Å². The molecule has 0 amide bonds. The van der Waals surface area contributed by atoms with Crippen molar-refractivity contribution in [2.45, 2.75) is 58.2 Å². The van der Waals surface area contributed by atoms with Crippen molar-refractivity contribution in [2.75, 3.05) is 0 Å². The Balaban J connectivity index is 2.14. The number of rotatable bonds is 6. The molecule has 0 atom stereocenters. The van der Waals surface area contributed by atoms with E-state index < -0.39 is 8.24 Å². The topological polar surface area (TPSA) is 58.7 Å². The summed E-state index contributed by atoms with van der Waals surface area (Å²) in [6, 6.07) is 14.9. The lowest BCUT2D eigenvalue weighted by Gasteiger charge is -2.43. The molecule has 29 heavy (non-hydrogen) atoms. The van der Waals surface area contributed by atoms with Gasteiger partial charge in [0.15, 0.2) is 14.0 Å². The van der Waals surface area contributed by atoms with Gasteiger partial charge in [-0.3, -0.25) is 9.14 Å². The van der Waals surface area contributed by atoms with E-state index in [0.29, 0.717) is 33.3 Å². The SMILES string of the molecule is CC(C)[Si](C(C)C)(C(C)C)n1ncc2cc(C(=O)c3ccccc3C#N)ccc21. The van der Waals surface area contributed by atoms with Crippen molar-refractivity contribution >= 4 is 24.9 Å². The molecule has 0 saturated carbocycles. The van der Waals surface area contributed by atoms with Crippen LogP contribution in [0.1, 0.15) is 63.0 Å². The molecule has 0 N–H and O–H groups in total. The Labute approximate surface area is 174 Å². The molecule has 1 heterocycles. The predicted octanol–water partition coefficient (Wildman–Crippen LogP) is 6.16. The maximum absolute atomic E-state index is 13.0. The summed E-state index contributed by atoms with van der Waals surface area (Å²) in [6.45, 7) is 13.9. The van der Waals surface area contributed by atoms with Crippen LogP contribution in [0.4, 0.5) is 0 Å². The van der Waals surface area contributed by atoms with Crippen LogP contribution in [0.2, 0.25) is 16.6 Å². The molecule has 0 aliphatic carbocycles. The predicted molar refractivity (Wildman–Crippen MR) is 121 cm³/mol. The minimum Gasteiger partial charge on any atom is -0.293 e. The van der Waals surface area contributed by atoms with Gasteiger partial charge in [0.05, 0.1) is 23.3 Å². The number of benzene rings is 2. The van der Waals surface area contributed by atoms with Crippen molar-refractivity contribution in [1.29, 1.82) is 5.26 Å². The fourth-order valence-corrected chi connectivity index (χ4v) is 11.5. The zero-order valence-electron chi connectivity index (χ0n) is 18.1. The average molecular weight is 404 g/mol. The summed E-state index contributed by atoms with van der Waals surface area (Å²) in [5, 5.41) is 15.2. The standard InChI is InChI=1S/C24H29N3OSi/c1-16(2)29(17(3)4,18(5)6)27-23-12-11-19(13-21(23)15-26-27)24(28)22-10-8-7-9-20(22)14-25/h7-13,15-18H,1-6H3. The van der Waals surface area contributed by atoms with Gasteiger partial charge < -0.3 is 0 Å². The van der Waals surface area contributed by atoms with Crippen molar-refractivity contribution in [1.82, 2.24) is 9.45 Å². The molecule has 0 unspecified atom stereocenters. The van der Waals surface area contributed by atoms with E-state index in [1.807, 2.05) is 24.4 Å². The number of ketones is 1. The van der Waals surface area contributed by atoms with E-state index in [-0.39, 0.29) is 5.78 Å². The lowest BCUT2D eigenvalue weighted by atomic mass is 9.98. The molecule has 0 fully saturated rings. The van der Waals surface area contributed by atoms with E-state index in [1.165, 1.54) is 0 Å². The third-order valence-electron chi connectivity index (χ3n) is 6.26. The third-order valence-corrected chi connectivity index (χ3v) is 12.9. The minimum absolute atomic E-state index is 0.128. The van der Waals surface area contributed by atoms with Gasteiger partial charge in [-0.1, -0.05) is 53.7 Å². The van der Waals surface area contributed by atoms with Crippen molar-refractivity contribution in [3.8, 4) is 6.07 Å². The molecule has 0 spiro atoms. The second-order valence-corrected chi connectivity index (χ2v) is 14.3. The number of hydrogen-bond donors (Lipinski definition) is 0. The summed E-state index contributed by atoms with van der Waals surface area (Å²) < 4.78 is 2.31. The van der Waals surface area contributed by atoms with Crippen LogP contribution in [0.3, 0.4) is 0 Å². The highest BCUT2D eigenvalue weighted by Gasteiger charge is 2.47. The van der Waals surface area contributed by atoms with Crippen molar-refractivity contribution in [3.63, 3.8) is 0 Å². The molecular weight excluding hydrogens is 374 g/mol. The molecule has 3 aromatic rings. The normalized spacial score (nSPS) is 12.1. The monoisotopic (exact) mass is 403 g/mol. The van der Waals surface area contributed by atoms with Crippen LogP contribution in [0.15, 0.2) is 48.7 Å². The first-order chi connectivity index (χ1) is 13.7. The zero-order valence-corrected chi connectivity index (χ0v) is 19.1. The number of hydrogen-bond acceptors (Lipinski definition) is 3. The van der Waals surface area contributed by atoms with Crippen LogP contribution >= 0.6 is 0 Å². The highest BCUT2D eigenvalue weighted by molar-refractivity contribution is 6.82. The van der Waals surface area contributed by atoms with E-state index in [1.54, 1.807) is 24.3 Å². The largest absolute Gasteiger partial charge is 0.293 e. The molecule has 0 aliphatic heterocycles. The van der Waals surface area contributed by atoms with E-state index in [0.717, 1.165) is 10.9 Å². The number of nitriles is 1. The highest BCUT2D eigenvalue weighted by atomic mass is 28.3. The maximum Gasteiger partial charge on any atom is 0.194 e. The molecule has 1 aromatic heterocycles. The average Bonchev–Trinajstić information content (AvgIpc) is 3.10. The van der Waals surface area contributed by atoms with E-state index in [4.69, 9.17) is 5.10 Å². The summed E-state index contributed by atoms with van der Waals surface area (Å²) in [4.78, 5) is 13.0. The molecule has 0 radical (unpaired) electrons. The van der Waals surface area contributed by atoms with Crippen LogP contribution in [-0.2, 0) is 0 Å².